The summed E-state index contributed by atoms with van der Waals surface area (Å²) in [7, 11) is 2.01. The Hall–Kier alpha value is -2.17. The van der Waals surface area contributed by atoms with E-state index in [-0.39, 0.29) is 12.5 Å². The number of likely N-dealkylation sites (N-methyl/N-ethyl adjacent to an activating group) is 1. The molecule has 0 aromatic heterocycles. The summed E-state index contributed by atoms with van der Waals surface area (Å²) in [6.45, 7) is 2.19. The lowest BCUT2D eigenvalue weighted by Gasteiger charge is -2.23. The highest BCUT2D eigenvalue weighted by Gasteiger charge is 2.23. The van der Waals surface area contributed by atoms with Crippen molar-refractivity contribution in [2.24, 2.45) is 0 Å². The lowest BCUT2D eigenvalue weighted by atomic mass is 9.97. The predicted octanol–water partition coefficient (Wildman–Crippen LogP) is 3.69. The summed E-state index contributed by atoms with van der Waals surface area (Å²) in [6.07, 6.45) is 2.94. The molecule has 1 aliphatic rings. The van der Waals surface area contributed by atoms with Gasteiger partial charge in [0.1, 0.15) is 6.10 Å². The molecule has 2 aromatic rings. The minimum Gasteiger partial charge on any atom is -0.481 e. The maximum absolute atomic E-state index is 10.6. The topological polar surface area (TPSA) is 49.8 Å². The molecule has 2 aromatic carbocycles. The average Bonchev–Trinajstić information content (AvgIpc) is 2.79. The third kappa shape index (κ3) is 4.71. The van der Waals surface area contributed by atoms with Crippen LogP contribution >= 0.6 is 0 Å². The molecule has 0 radical (unpaired) electrons. The van der Waals surface area contributed by atoms with E-state index in [9.17, 15) is 4.79 Å². The molecule has 26 heavy (non-hydrogen) atoms. The van der Waals surface area contributed by atoms with Crippen molar-refractivity contribution < 1.29 is 14.6 Å². The van der Waals surface area contributed by atoms with E-state index in [2.05, 4.69) is 53.4 Å². The summed E-state index contributed by atoms with van der Waals surface area (Å²) in [6, 6.07) is 17.1. The zero-order valence-corrected chi connectivity index (χ0v) is 15.4. The lowest BCUT2D eigenvalue weighted by Crippen LogP contribution is -2.25. The Morgan fingerprint density at radius 2 is 1.62 bits per heavy atom. The fraction of sp³-hybridized carbons (Fsp3) is 0.409. The van der Waals surface area contributed by atoms with E-state index in [1.54, 1.807) is 0 Å². The molecule has 0 aliphatic heterocycles. The van der Waals surface area contributed by atoms with Gasteiger partial charge in [0, 0.05) is 13.0 Å². The minimum absolute atomic E-state index is 0.0303. The van der Waals surface area contributed by atoms with Gasteiger partial charge in [-0.25, -0.2) is 0 Å². The first-order chi connectivity index (χ1) is 12.6. The number of carboxylic acid groups (broad SMARTS) is 1. The first-order valence-corrected chi connectivity index (χ1v) is 9.32. The molecule has 4 heteroatoms. The maximum atomic E-state index is 10.6. The number of ether oxygens (including phenoxy) is 1. The number of carboxylic acids is 1. The second kappa shape index (κ2) is 8.97. The van der Waals surface area contributed by atoms with Crippen LogP contribution in [0.5, 0.6) is 0 Å². The van der Waals surface area contributed by atoms with Crippen molar-refractivity contribution in [3.63, 3.8) is 0 Å². The number of fused-ring (bicyclic) bond motifs is 2. The average molecular weight is 353 g/mol. The van der Waals surface area contributed by atoms with E-state index in [0.717, 1.165) is 25.9 Å². The third-order valence-electron chi connectivity index (χ3n) is 5.03. The molecule has 1 aliphatic carbocycles. The highest BCUT2D eigenvalue weighted by molar-refractivity contribution is 5.66. The van der Waals surface area contributed by atoms with E-state index in [4.69, 9.17) is 9.84 Å². The Morgan fingerprint density at radius 1 is 1.04 bits per heavy atom. The first-order valence-electron chi connectivity index (χ1n) is 9.32. The monoisotopic (exact) mass is 353 g/mol. The predicted molar refractivity (Wildman–Crippen MR) is 102 cm³/mol. The van der Waals surface area contributed by atoms with Crippen LogP contribution in [0.25, 0.3) is 0 Å². The van der Waals surface area contributed by atoms with Crippen LogP contribution in [0.2, 0.25) is 0 Å². The largest absolute Gasteiger partial charge is 0.481 e. The molecule has 1 N–H and O–H groups in total. The van der Waals surface area contributed by atoms with Gasteiger partial charge in [-0.05, 0) is 55.1 Å². The van der Waals surface area contributed by atoms with Crippen LogP contribution in [-0.2, 0) is 22.4 Å². The van der Waals surface area contributed by atoms with Crippen LogP contribution in [0, 0.1) is 0 Å². The zero-order chi connectivity index (χ0) is 18.4. The molecule has 0 atom stereocenters. The second-order valence-corrected chi connectivity index (χ2v) is 6.95. The molecule has 0 saturated heterocycles. The summed E-state index contributed by atoms with van der Waals surface area (Å²) >= 11 is 0. The van der Waals surface area contributed by atoms with Crippen LogP contribution in [0.4, 0.5) is 0 Å². The standard InChI is InChI=1S/C22H27NO3/c1-23(14-6-11-21(24)25)15-16-26-22-19-9-4-2-7-17(19)12-13-18-8-3-5-10-20(18)22/h2-5,7-10,22H,6,11-16H2,1H3,(H,24,25). The molecule has 0 fully saturated rings. The molecular formula is C22H27NO3. The third-order valence-corrected chi connectivity index (χ3v) is 5.03. The van der Waals surface area contributed by atoms with Crippen molar-refractivity contribution in [1.29, 1.82) is 0 Å². The Kier molecular flexibility index (Phi) is 6.42. The summed E-state index contributed by atoms with van der Waals surface area (Å²) < 4.78 is 6.36. The van der Waals surface area contributed by atoms with Gasteiger partial charge in [-0.15, -0.1) is 0 Å². The summed E-state index contributed by atoms with van der Waals surface area (Å²) in [5.41, 5.74) is 5.27. The Balaban J connectivity index is 1.66. The van der Waals surface area contributed by atoms with E-state index in [0.29, 0.717) is 13.0 Å². The van der Waals surface area contributed by atoms with Gasteiger partial charge in [-0.2, -0.15) is 0 Å². The number of aliphatic carboxylic acids is 1. The smallest absolute Gasteiger partial charge is 0.303 e. The number of aryl methyl sites for hydroxylation is 2. The van der Waals surface area contributed by atoms with Gasteiger partial charge in [0.05, 0.1) is 6.61 Å². The van der Waals surface area contributed by atoms with Crippen LogP contribution < -0.4 is 0 Å². The Labute approximate surface area is 155 Å². The van der Waals surface area contributed by atoms with Crippen molar-refractivity contribution >= 4 is 5.97 Å². The van der Waals surface area contributed by atoms with Gasteiger partial charge < -0.3 is 14.7 Å². The molecule has 0 unspecified atom stereocenters. The number of rotatable bonds is 8. The van der Waals surface area contributed by atoms with Gasteiger partial charge in [0.15, 0.2) is 0 Å². The first kappa shape index (κ1) is 18.6. The molecule has 3 rings (SSSR count). The molecule has 0 spiro atoms. The number of hydrogen-bond donors (Lipinski definition) is 1. The summed E-state index contributed by atoms with van der Waals surface area (Å²) in [5.74, 6) is -0.735. The van der Waals surface area contributed by atoms with E-state index < -0.39 is 5.97 Å². The second-order valence-electron chi connectivity index (χ2n) is 6.95. The molecule has 4 nitrogen and oxygen atoms in total. The number of benzene rings is 2. The summed E-state index contributed by atoms with van der Waals surface area (Å²) in [5, 5.41) is 8.74. The number of nitrogens with zero attached hydrogens (tertiary/aromatic N) is 1. The zero-order valence-electron chi connectivity index (χ0n) is 15.4. The fourth-order valence-corrected chi connectivity index (χ4v) is 3.59. The van der Waals surface area contributed by atoms with Crippen LogP contribution in [-0.4, -0.2) is 42.7 Å². The van der Waals surface area contributed by atoms with Crippen molar-refractivity contribution in [3.05, 3.63) is 70.8 Å². The number of hydrogen-bond acceptors (Lipinski definition) is 3. The van der Waals surface area contributed by atoms with Gasteiger partial charge in [-0.3, -0.25) is 4.79 Å². The van der Waals surface area contributed by atoms with Crippen LogP contribution in [0.15, 0.2) is 48.5 Å². The molecule has 138 valence electrons. The maximum Gasteiger partial charge on any atom is 0.303 e. The van der Waals surface area contributed by atoms with Crippen molar-refractivity contribution in [1.82, 2.24) is 4.90 Å². The molecule has 0 heterocycles. The molecule has 0 saturated carbocycles. The minimum atomic E-state index is -0.735. The van der Waals surface area contributed by atoms with Crippen molar-refractivity contribution in [2.75, 3.05) is 26.7 Å². The van der Waals surface area contributed by atoms with Crippen LogP contribution in [0.3, 0.4) is 0 Å². The fourth-order valence-electron chi connectivity index (χ4n) is 3.59. The molecule has 0 bridgehead atoms. The van der Waals surface area contributed by atoms with E-state index >= 15 is 0 Å². The van der Waals surface area contributed by atoms with Gasteiger partial charge >= 0.3 is 5.97 Å². The van der Waals surface area contributed by atoms with Gasteiger partial charge in [-0.1, -0.05) is 48.5 Å². The lowest BCUT2D eigenvalue weighted by molar-refractivity contribution is -0.137. The van der Waals surface area contributed by atoms with Crippen LogP contribution in [0.1, 0.15) is 41.2 Å². The Morgan fingerprint density at radius 3 is 2.19 bits per heavy atom. The van der Waals surface area contributed by atoms with E-state index in [1.807, 2.05) is 7.05 Å². The molecule has 0 amide bonds. The highest BCUT2D eigenvalue weighted by atomic mass is 16.5. The molecular weight excluding hydrogens is 326 g/mol. The SMILES string of the molecule is CN(CCCC(=O)O)CCOC1c2ccccc2CCc2ccccc21. The summed E-state index contributed by atoms with van der Waals surface area (Å²) in [4.78, 5) is 12.8. The normalized spacial score (nSPS) is 13.9. The van der Waals surface area contributed by atoms with Crippen molar-refractivity contribution in [2.45, 2.75) is 31.8 Å². The van der Waals surface area contributed by atoms with E-state index in [1.165, 1.54) is 22.3 Å². The quantitative estimate of drug-likeness (QED) is 0.786. The van der Waals surface area contributed by atoms with Gasteiger partial charge in [0.2, 0.25) is 0 Å². The number of carbonyl (C=O) groups is 1. The van der Waals surface area contributed by atoms with Gasteiger partial charge in [0.25, 0.3) is 0 Å². The Bertz CT molecular complexity index is 696. The van der Waals surface area contributed by atoms with Crippen molar-refractivity contribution in [3.8, 4) is 0 Å². The highest BCUT2D eigenvalue weighted by Crippen LogP contribution is 2.34.